The fourth-order valence-corrected chi connectivity index (χ4v) is 1.01. The van der Waals surface area contributed by atoms with E-state index in [-0.39, 0.29) is 11.6 Å². The summed E-state index contributed by atoms with van der Waals surface area (Å²) in [5.74, 6) is 0.257. The van der Waals surface area contributed by atoms with Crippen LogP contribution in [0.1, 0.15) is 43.9 Å². The molecule has 0 aromatic carbocycles. The number of alkyl halides is 2. The number of rotatable bonds is 3. The maximum Gasteiger partial charge on any atom is 0.282 e. The first-order valence-corrected chi connectivity index (χ1v) is 4.25. The van der Waals surface area contributed by atoms with Gasteiger partial charge < -0.3 is 0 Å². The summed E-state index contributed by atoms with van der Waals surface area (Å²) >= 11 is 0. The molecule has 13 heavy (non-hydrogen) atoms. The predicted octanol–water partition coefficient (Wildman–Crippen LogP) is 2.93. The summed E-state index contributed by atoms with van der Waals surface area (Å²) in [6, 6.07) is 1.42. The minimum atomic E-state index is -2.53. The van der Waals surface area contributed by atoms with Gasteiger partial charge in [-0.1, -0.05) is 13.8 Å². The summed E-state index contributed by atoms with van der Waals surface area (Å²) in [5.41, 5.74) is 0.589. The van der Waals surface area contributed by atoms with E-state index in [4.69, 9.17) is 0 Å². The lowest BCUT2D eigenvalue weighted by Crippen LogP contribution is -1.98. The second kappa shape index (κ2) is 4.25. The quantitative estimate of drug-likeness (QED) is 0.725. The summed E-state index contributed by atoms with van der Waals surface area (Å²) in [5, 5.41) is 6.90. The van der Waals surface area contributed by atoms with Crippen molar-refractivity contribution in [3.63, 3.8) is 0 Å². The third-order valence-electron chi connectivity index (χ3n) is 2.10. The van der Waals surface area contributed by atoms with Gasteiger partial charge in [-0.15, -0.1) is 5.10 Å². The summed E-state index contributed by atoms with van der Waals surface area (Å²) in [4.78, 5) is 0. The van der Waals surface area contributed by atoms with Crippen molar-refractivity contribution in [1.82, 2.24) is 10.2 Å². The van der Waals surface area contributed by atoms with Gasteiger partial charge in [-0.3, -0.25) is 0 Å². The Hall–Kier alpha value is -1.06. The van der Waals surface area contributed by atoms with Gasteiger partial charge in [0.05, 0.1) is 6.20 Å². The number of nitrogens with zero attached hydrogens (tertiary/aromatic N) is 2. The molecule has 0 saturated heterocycles. The van der Waals surface area contributed by atoms with Crippen molar-refractivity contribution in [2.75, 3.05) is 0 Å². The molecule has 1 aromatic heterocycles. The van der Waals surface area contributed by atoms with Crippen LogP contribution in [0.15, 0.2) is 12.3 Å². The highest BCUT2D eigenvalue weighted by molar-refractivity contribution is 5.17. The van der Waals surface area contributed by atoms with E-state index in [2.05, 4.69) is 10.2 Å². The number of hydrogen-bond donors (Lipinski definition) is 0. The first-order valence-electron chi connectivity index (χ1n) is 4.25. The number of halogens is 2. The molecule has 0 aliphatic heterocycles. The molecule has 0 saturated carbocycles. The molecule has 0 aliphatic carbocycles. The average Bonchev–Trinajstić information content (AvgIpc) is 2.17. The minimum Gasteiger partial charge on any atom is -0.203 e. The Bertz CT molecular complexity index is 276. The molecule has 0 radical (unpaired) electrons. The Balaban J connectivity index is 2.91. The third kappa shape index (κ3) is 2.44. The second-order valence-corrected chi connectivity index (χ2v) is 3.02. The second-order valence-electron chi connectivity index (χ2n) is 3.02. The Labute approximate surface area is 76.0 Å². The summed E-state index contributed by atoms with van der Waals surface area (Å²) < 4.78 is 24.4. The molecule has 1 unspecified atom stereocenters. The molecule has 0 bridgehead atoms. The molecule has 4 heteroatoms. The van der Waals surface area contributed by atoms with Crippen molar-refractivity contribution in [3.05, 3.63) is 23.5 Å². The van der Waals surface area contributed by atoms with E-state index >= 15 is 0 Å². The highest BCUT2D eigenvalue weighted by Crippen LogP contribution is 2.21. The van der Waals surface area contributed by atoms with E-state index in [1.54, 1.807) is 6.20 Å². The monoisotopic (exact) mass is 186 g/mol. The van der Waals surface area contributed by atoms with Crippen LogP contribution >= 0.6 is 0 Å². The van der Waals surface area contributed by atoms with E-state index in [0.717, 1.165) is 12.0 Å². The lowest BCUT2D eigenvalue weighted by molar-refractivity contribution is 0.144. The van der Waals surface area contributed by atoms with Gasteiger partial charge in [0.2, 0.25) is 0 Å². The molecule has 1 aromatic rings. The van der Waals surface area contributed by atoms with Gasteiger partial charge in [0.25, 0.3) is 6.43 Å². The van der Waals surface area contributed by atoms with Crippen LogP contribution < -0.4 is 0 Å². The molecule has 2 nitrogen and oxygen atoms in total. The lowest BCUT2D eigenvalue weighted by Gasteiger charge is -2.08. The molecule has 0 spiro atoms. The van der Waals surface area contributed by atoms with E-state index in [1.165, 1.54) is 6.07 Å². The Kier molecular flexibility index (Phi) is 3.28. The number of aromatic nitrogens is 2. The van der Waals surface area contributed by atoms with Crippen LogP contribution in [0.25, 0.3) is 0 Å². The standard InChI is InChI=1S/C9H12F2N2/c1-3-6(2)7-4-8(9(10)11)13-12-5-7/h4-6,9H,3H2,1-2H3. The lowest BCUT2D eigenvalue weighted by atomic mass is 10.0. The molecule has 1 rings (SSSR count). The maximum atomic E-state index is 12.2. The highest BCUT2D eigenvalue weighted by atomic mass is 19.3. The van der Waals surface area contributed by atoms with E-state index in [0.29, 0.717) is 0 Å². The van der Waals surface area contributed by atoms with Gasteiger partial charge in [-0.25, -0.2) is 8.78 Å². The largest absolute Gasteiger partial charge is 0.282 e. The van der Waals surface area contributed by atoms with E-state index in [1.807, 2.05) is 13.8 Å². The van der Waals surface area contributed by atoms with Gasteiger partial charge in [-0.05, 0) is 24.0 Å². The zero-order chi connectivity index (χ0) is 9.84. The smallest absolute Gasteiger partial charge is 0.203 e. The van der Waals surface area contributed by atoms with Crippen molar-refractivity contribution in [2.45, 2.75) is 32.6 Å². The summed E-state index contributed by atoms with van der Waals surface area (Å²) in [7, 11) is 0. The Morgan fingerprint density at radius 3 is 2.69 bits per heavy atom. The van der Waals surface area contributed by atoms with Crippen molar-refractivity contribution in [2.24, 2.45) is 0 Å². The van der Waals surface area contributed by atoms with Crippen molar-refractivity contribution < 1.29 is 8.78 Å². The van der Waals surface area contributed by atoms with Crippen molar-refractivity contribution >= 4 is 0 Å². The normalized spacial score (nSPS) is 13.3. The van der Waals surface area contributed by atoms with Gasteiger partial charge in [0.1, 0.15) is 5.69 Å². The maximum absolute atomic E-state index is 12.2. The van der Waals surface area contributed by atoms with Crippen LogP contribution in [0.3, 0.4) is 0 Å². The molecule has 0 fully saturated rings. The molecular weight excluding hydrogens is 174 g/mol. The Morgan fingerprint density at radius 1 is 1.46 bits per heavy atom. The molecule has 1 heterocycles. The van der Waals surface area contributed by atoms with Gasteiger partial charge >= 0.3 is 0 Å². The average molecular weight is 186 g/mol. The van der Waals surface area contributed by atoms with Crippen molar-refractivity contribution in [3.8, 4) is 0 Å². The topological polar surface area (TPSA) is 25.8 Å². The molecule has 72 valence electrons. The third-order valence-corrected chi connectivity index (χ3v) is 2.10. The zero-order valence-corrected chi connectivity index (χ0v) is 7.67. The SMILES string of the molecule is CCC(C)c1cnnc(C(F)F)c1. The first kappa shape index (κ1) is 10.0. The number of hydrogen-bond acceptors (Lipinski definition) is 2. The van der Waals surface area contributed by atoms with Crippen molar-refractivity contribution in [1.29, 1.82) is 0 Å². The fourth-order valence-electron chi connectivity index (χ4n) is 1.01. The van der Waals surface area contributed by atoms with Crippen LogP contribution in [0.5, 0.6) is 0 Å². The van der Waals surface area contributed by atoms with E-state index in [9.17, 15) is 8.78 Å². The molecular formula is C9H12F2N2. The zero-order valence-electron chi connectivity index (χ0n) is 7.67. The molecule has 0 amide bonds. The molecule has 1 atom stereocenters. The van der Waals surface area contributed by atoms with Crippen LogP contribution in [0.2, 0.25) is 0 Å². The first-order chi connectivity index (χ1) is 6.15. The van der Waals surface area contributed by atoms with Crippen LogP contribution in [0.4, 0.5) is 8.78 Å². The van der Waals surface area contributed by atoms with E-state index < -0.39 is 6.43 Å². The van der Waals surface area contributed by atoms with Gasteiger partial charge in [0, 0.05) is 0 Å². The van der Waals surface area contributed by atoms with Crippen LogP contribution in [-0.4, -0.2) is 10.2 Å². The van der Waals surface area contributed by atoms with Crippen LogP contribution in [-0.2, 0) is 0 Å². The minimum absolute atomic E-state index is 0.238. The van der Waals surface area contributed by atoms with Crippen LogP contribution in [0, 0.1) is 0 Å². The molecule has 0 aliphatic rings. The van der Waals surface area contributed by atoms with Gasteiger partial charge in [0.15, 0.2) is 0 Å². The highest BCUT2D eigenvalue weighted by Gasteiger charge is 2.11. The summed E-state index contributed by atoms with van der Waals surface area (Å²) in [6.45, 7) is 3.99. The summed E-state index contributed by atoms with van der Waals surface area (Å²) in [6.07, 6.45) is -0.0782. The van der Waals surface area contributed by atoms with Gasteiger partial charge in [-0.2, -0.15) is 5.10 Å². The predicted molar refractivity (Wildman–Crippen MR) is 45.7 cm³/mol. The Morgan fingerprint density at radius 2 is 2.15 bits per heavy atom. The molecule has 0 N–H and O–H groups in total. The fraction of sp³-hybridized carbons (Fsp3) is 0.556.